The van der Waals surface area contributed by atoms with E-state index in [2.05, 4.69) is 41.4 Å². The Balaban J connectivity index is 1.65. The number of benzene rings is 1. The Bertz CT molecular complexity index is 755. The summed E-state index contributed by atoms with van der Waals surface area (Å²) in [5.74, 6) is 0. The molecule has 0 aliphatic rings. The fourth-order valence-electron chi connectivity index (χ4n) is 2.73. The molecule has 0 saturated carbocycles. The molecule has 0 aliphatic heterocycles. The molecular formula is C17H21N5. The van der Waals surface area contributed by atoms with Crippen molar-refractivity contribution in [2.24, 2.45) is 7.05 Å². The van der Waals surface area contributed by atoms with Crippen LogP contribution in [0.15, 0.2) is 36.5 Å². The number of hydrogen-bond acceptors (Lipinski definition) is 3. The first-order chi connectivity index (χ1) is 10.6. The van der Waals surface area contributed by atoms with Gasteiger partial charge in [-0.05, 0) is 37.8 Å². The normalized spacial score (nSPS) is 11.0. The van der Waals surface area contributed by atoms with Crippen molar-refractivity contribution in [1.82, 2.24) is 24.8 Å². The molecule has 0 amide bonds. The zero-order valence-electron chi connectivity index (χ0n) is 13.3. The topological polar surface area (TPSA) is 48.5 Å². The van der Waals surface area contributed by atoms with Crippen LogP contribution in [0.3, 0.4) is 0 Å². The fraction of sp³-hybridized carbons (Fsp3) is 0.353. The van der Waals surface area contributed by atoms with E-state index in [4.69, 9.17) is 0 Å². The van der Waals surface area contributed by atoms with Crippen LogP contribution in [0, 0.1) is 13.8 Å². The highest BCUT2D eigenvalue weighted by atomic mass is 15.4. The summed E-state index contributed by atoms with van der Waals surface area (Å²) in [6, 6.07) is 10.3. The van der Waals surface area contributed by atoms with Gasteiger partial charge in [-0.2, -0.15) is 5.10 Å². The van der Waals surface area contributed by atoms with Crippen LogP contribution >= 0.6 is 0 Å². The van der Waals surface area contributed by atoms with E-state index in [9.17, 15) is 0 Å². The van der Waals surface area contributed by atoms with Gasteiger partial charge in [0, 0.05) is 18.9 Å². The van der Waals surface area contributed by atoms with Crippen LogP contribution in [0.5, 0.6) is 0 Å². The van der Waals surface area contributed by atoms with Crippen LogP contribution in [0.25, 0.3) is 0 Å². The summed E-state index contributed by atoms with van der Waals surface area (Å²) in [5.41, 5.74) is 5.92. The van der Waals surface area contributed by atoms with E-state index in [0.717, 1.165) is 30.8 Å². The van der Waals surface area contributed by atoms with Crippen LogP contribution in [0.2, 0.25) is 0 Å². The highest BCUT2D eigenvalue weighted by Gasteiger charge is 2.10. The van der Waals surface area contributed by atoms with Crippen molar-refractivity contribution >= 4 is 0 Å². The molecule has 0 aliphatic carbocycles. The molecule has 2 heterocycles. The Morgan fingerprint density at radius 3 is 2.50 bits per heavy atom. The molecule has 0 N–H and O–H groups in total. The summed E-state index contributed by atoms with van der Waals surface area (Å²) in [5, 5.41) is 13.0. The summed E-state index contributed by atoms with van der Waals surface area (Å²) in [6.45, 7) is 4.94. The number of rotatable bonds is 5. The van der Waals surface area contributed by atoms with Gasteiger partial charge in [0.1, 0.15) is 0 Å². The van der Waals surface area contributed by atoms with Gasteiger partial charge in [0.05, 0.1) is 17.9 Å². The molecule has 5 nitrogen and oxygen atoms in total. The van der Waals surface area contributed by atoms with Gasteiger partial charge in [-0.25, -0.2) is 4.68 Å². The Labute approximate surface area is 130 Å². The molecule has 114 valence electrons. The first kappa shape index (κ1) is 14.5. The molecule has 0 spiro atoms. The monoisotopic (exact) mass is 295 g/mol. The molecule has 0 fully saturated rings. The molecular weight excluding hydrogens is 274 g/mol. The van der Waals surface area contributed by atoms with Crippen molar-refractivity contribution in [3.63, 3.8) is 0 Å². The zero-order valence-corrected chi connectivity index (χ0v) is 13.3. The quantitative estimate of drug-likeness (QED) is 0.726. The lowest BCUT2D eigenvalue weighted by molar-refractivity contribution is 0.649. The van der Waals surface area contributed by atoms with Crippen molar-refractivity contribution in [2.75, 3.05) is 0 Å². The van der Waals surface area contributed by atoms with Gasteiger partial charge in [0.2, 0.25) is 0 Å². The third-order valence-electron chi connectivity index (χ3n) is 4.06. The van der Waals surface area contributed by atoms with E-state index in [-0.39, 0.29) is 0 Å². The largest absolute Gasteiger partial charge is 0.272 e. The highest BCUT2D eigenvalue weighted by Crippen LogP contribution is 2.14. The van der Waals surface area contributed by atoms with Crippen LogP contribution in [-0.2, 0) is 26.4 Å². The first-order valence-electron chi connectivity index (χ1n) is 7.55. The molecule has 3 rings (SSSR count). The van der Waals surface area contributed by atoms with Crippen LogP contribution in [-0.4, -0.2) is 24.8 Å². The average Bonchev–Trinajstić information content (AvgIpc) is 3.04. The summed E-state index contributed by atoms with van der Waals surface area (Å²) in [6.07, 6.45) is 3.88. The lowest BCUT2D eigenvalue weighted by Gasteiger charge is -2.00. The SMILES string of the molecule is Cc1nn(C)c(C)c1CCc1cn(Cc2ccccc2)nn1. The van der Waals surface area contributed by atoms with E-state index >= 15 is 0 Å². The number of aryl methyl sites for hydroxylation is 3. The van der Waals surface area contributed by atoms with Crippen LogP contribution < -0.4 is 0 Å². The number of hydrogen-bond donors (Lipinski definition) is 0. The molecule has 5 heteroatoms. The van der Waals surface area contributed by atoms with Crippen molar-refractivity contribution in [3.8, 4) is 0 Å². The molecule has 0 radical (unpaired) electrons. The third kappa shape index (κ3) is 3.08. The van der Waals surface area contributed by atoms with Gasteiger partial charge in [-0.3, -0.25) is 4.68 Å². The van der Waals surface area contributed by atoms with Gasteiger partial charge >= 0.3 is 0 Å². The Morgan fingerprint density at radius 2 is 1.82 bits per heavy atom. The van der Waals surface area contributed by atoms with E-state index in [1.165, 1.54) is 16.8 Å². The molecule has 0 saturated heterocycles. The standard InChI is InChI=1S/C17H21N5/c1-13-17(14(2)21(3)19-13)10-9-16-12-22(20-18-16)11-15-7-5-4-6-8-15/h4-8,12H,9-11H2,1-3H3. The molecule has 2 aromatic heterocycles. The lowest BCUT2D eigenvalue weighted by atomic mass is 10.1. The Hall–Kier alpha value is -2.43. The minimum Gasteiger partial charge on any atom is -0.272 e. The average molecular weight is 295 g/mol. The van der Waals surface area contributed by atoms with Gasteiger partial charge < -0.3 is 0 Å². The smallest absolute Gasteiger partial charge is 0.0830 e. The molecule has 3 aromatic rings. The maximum Gasteiger partial charge on any atom is 0.0830 e. The maximum absolute atomic E-state index is 4.46. The lowest BCUT2D eigenvalue weighted by Crippen LogP contribution is -1.99. The third-order valence-corrected chi connectivity index (χ3v) is 4.06. The van der Waals surface area contributed by atoms with Gasteiger partial charge in [-0.1, -0.05) is 35.5 Å². The predicted octanol–water partition coefficient (Wildman–Crippen LogP) is 2.46. The van der Waals surface area contributed by atoms with Crippen LogP contribution in [0.4, 0.5) is 0 Å². The molecule has 0 atom stereocenters. The van der Waals surface area contributed by atoms with Crippen molar-refractivity contribution < 1.29 is 0 Å². The second kappa shape index (κ2) is 6.13. The number of aromatic nitrogens is 5. The number of nitrogens with zero attached hydrogens (tertiary/aromatic N) is 5. The first-order valence-corrected chi connectivity index (χ1v) is 7.55. The minimum absolute atomic E-state index is 0.763. The Morgan fingerprint density at radius 1 is 1.05 bits per heavy atom. The maximum atomic E-state index is 4.46. The Kier molecular flexibility index (Phi) is 4.04. The minimum atomic E-state index is 0.763. The van der Waals surface area contributed by atoms with Gasteiger partial charge in [-0.15, -0.1) is 5.10 Å². The van der Waals surface area contributed by atoms with Crippen molar-refractivity contribution in [1.29, 1.82) is 0 Å². The van der Waals surface area contributed by atoms with E-state index < -0.39 is 0 Å². The van der Waals surface area contributed by atoms with Gasteiger partial charge in [0.15, 0.2) is 0 Å². The van der Waals surface area contributed by atoms with E-state index in [1.807, 2.05) is 40.8 Å². The summed E-state index contributed by atoms with van der Waals surface area (Å²) >= 11 is 0. The molecule has 22 heavy (non-hydrogen) atoms. The predicted molar refractivity (Wildman–Crippen MR) is 85.7 cm³/mol. The second-order valence-electron chi connectivity index (χ2n) is 5.67. The van der Waals surface area contributed by atoms with Gasteiger partial charge in [0.25, 0.3) is 0 Å². The summed E-state index contributed by atoms with van der Waals surface area (Å²) in [4.78, 5) is 0. The fourth-order valence-corrected chi connectivity index (χ4v) is 2.73. The molecule has 1 aromatic carbocycles. The van der Waals surface area contributed by atoms with Crippen molar-refractivity contribution in [2.45, 2.75) is 33.2 Å². The second-order valence-corrected chi connectivity index (χ2v) is 5.67. The van der Waals surface area contributed by atoms with E-state index in [0.29, 0.717) is 0 Å². The summed E-state index contributed by atoms with van der Waals surface area (Å²) in [7, 11) is 1.99. The summed E-state index contributed by atoms with van der Waals surface area (Å²) < 4.78 is 3.84. The highest BCUT2D eigenvalue weighted by molar-refractivity contribution is 5.25. The van der Waals surface area contributed by atoms with Crippen molar-refractivity contribution in [3.05, 3.63) is 64.7 Å². The van der Waals surface area contributed by atoms with E-state index in [1.54, 1.807) is 0 Å². The molecule has 0 unspecified atom stereocenters. The van der Waals surface area contributed by atoms with Crippen LogP contribution in [0.1, 0.15) is 28.2 Å². The molecule has 0 bridgehead atoms. The zero-order chi connectivity index (χ0) is 15.5.